The second kappa shape index (κ2) is 5.33. The van der Waals surface area contributed by atoms with Gasteiger partial charge in [0.15, 0.2) is 11.7 Å². The average Bonchev–Trinajstić information content (AvgIpc) is 3.06. The quantitative estimate of drug-likeness (QED) is 0.706. The van der Waals surface area contributed by atoms with E-state index in [-0.39, 0.29) is 0 Å². The Labute approximate surface area is 123 Å². The summed E-state index contributed by atoms with van der Waals surface area (Å²) in [5.41, 5.74) is 2.03. The summed E-state index contributed by atoms with van der Waals surface area (Å²) in [6.45, 7) is 1.04. The SMILES string of the molecule is c1ccn2ncc(-c3cnc(CCCNC4CC4)o3)c2c1. The maximum Gasteiger partial charge on any atom is 0.194 e. The monoisotopic (exact) mass is 282 g/mol. The maximum absolute atomic E-state index is 5.87. The van der Waals surface area contributed by atoms with Crippen LogP contribution in [0.15, 0.2) is 41.2 Å². The van der Waals surface area contributed by atoms with Crippen LogP contribution in [0.3, 0.4) is 0 Å². The van der Waals surface area contributed by atoms with E-state index in [2.05, 4.69) is 15.4 Å². The molecule has 0 atom stereocenters. The van der Waals surface area contributed by atoms with Crippen molar-refractivity contribution in [3.8, 4) is 11.3 Å². The van der Waals surface area contributed by atoms with Crippen molar-refractivity contribution in [2.45, 2.75) is 31.7 Å². The molecule has 0 radical (unpaired) electrons. The van der Waals surface area contributed by atoms with Gasteiger partial charge in [-0.2, -0.15) is 5.10 Å². The minimum Gasteiger partial charge on any atom is -0.441 e. The first-order valence-corrected chi connectivity index (χ1v) is 7.51. The molecule has 1 N–H and O–H groups in total. The van der Waals surface area contributed by atoms with Gasteiger partial charge in [0.2, 0.25) is 0 Å². The second-order valence-corrected chi connectivity index (χ2v) is 5.54. The van der Waals surface area contributed by atoms with Gasteiger partial charge >= 0.3 is 0 Å². The topological polar surface area (TPSA) is 55.4 Å². The Morgan fingerprint density at radius 1 is 1.29 bits per heavy atom. The molecular weight excluding hydrogens is 264 g/mol. The van der Waals surface area contributed by atoms with Crippen LogP contribution in [0.1, 0.15) is 25.2 Å². The molecule has 3 aromatic rings. The maximum atomic E-state index is 5.87. The van der Waals surface area contributed by atoms with Gasteiger partial charge in [-0.15, -0.1) is 0 Å². The number of nitrogens with one attached hydrogen (secondary N) is 1. The third-order valence-corrected chi connectivity index (χ3v) is 3.82. The third-order valence-electron chi connectivity index (χ3n) is 3.82. The van der Waals surface area contributed by atoms with Crippen molar-refractivity contribution >= 4 is 5.52 Å². The molecule has 3 heterocycles. The zero-order chi connectivity index (χ0) is 14.1. The zero-order valence-electron chi connectivity index (χ0n) is 11.8. The number of pyridine rings is 1. The summed E-state index contributed by atoms with van der Waals surface area (Å²) >= 11 is 0. The standard InChI is InChI=1S/C16H18N4O/c1-2-9-20-14(4-1)13(10-19-20)15-11-18-16(21-15)5-3-8-17-12-6-7-12/h1-2,4,9-12,17H,3,5-8H2. The first-order chi connectivity index (χ1) is 10.4. The highest BCUT2D eigenvalue weighted by atomic mass is 16.4. The summed E-state index contributed by atoms with van der Waals surface area (Å²) < 4.78 is 7.71. The Balaban J connectivity index is 1.45. The van der Waals surface area contributed by atoms with Crippen molar-refractivity contribution in [3.05, 3.63) is 42.7 Å². The first kappa shape index (κ1) is 12.6. The molecule has 5 nitrogen and oxygen atoms in total. The van der Waals surface area contributed by atoms with Crippen molar-refractivity contribution in [3.63, 3.8) is 0 Å². The van der Waals surface area contributed by atoms with Crippen molar-refractivity contribution in [2.24, 2.45) is 0 Å². The molecular formula is C16H18N4O. The Morgan fingerprint density at radius 2 is 2.24 bits per heavy atom. The predicted molar refractivity (Wildman–Crippen MR) is 80.0 cm³/mol. The van der Waals surface area contributed by atoms with Crippen molar-refractivity contribution < 1.29 is 4.42 Å². The van der Waals surface area contributed by atoms with E-state index in [1.54, 1.807) is 6.20 Å². The van der Waals surface area contributed by atoms with Crippen LogP contribution >= 0.6 is 0 Å². The molecule has 4 rings (SSSR count). The number of hydrogen-bond acceptors (Lipinski definition) is 4. The highest BCUT2D eigenvalue weighted by molar-refractivity contribution is 5.76. The van der Waals surface area contributed by atoms with Crippen LogP contribution in [0, 0.1) is 0 Å². The lowest BCUT2D eigenvalue weighted by Crippen LogP contribution is -2.17. The minimum absolute atomic E-state index is 0.768. The van der Waals surface area contributed by atoms with Gasteiger partial charge in [-0.3, -0.25) is 0 Å². The van der Waals surface area contributed by atoms with Gasteiger partial charge in [-0.1, -0.05) is 6.07 Å². The van der Waals surface area contributed by atoms with E-state index in [1.807, 2.05) is 35.1 Å². The fourth-order valence-corrected chi connectivity index (χ4v) is 2.51. The van der Waals surface area contributed by atoms with Crippen molar-refractivity contribution in [2.75, 3.05) is 6.54 Å². The van der Waals surface area contributed by atoms with Crippen molar-refractivity contribution in [1.82, 2.24) is 19.9 Å². The summed E-state index contributed by atoms with van der Waals surface area (Å²) in [5, 5.41) is 7.83. The molecule has 1 saturated carbocycles. The summed E-state index contributed by atoms with van der Waals surface area (Å²) in [7, 11) is 0. The molecule has 0 unspecified atom stereocenters. The van der Waals surface area contributed by atoms with E-state index < -0.39 is 0 Å². The summed E-state index contributed by atoms with van der Waals surface area (Å²) in [6.07, 6.45) is 10.2. The molecule has 0 saturated heterocycles. The first-order valence-electron chi connectivity index (χ1n) is 7.51. The van der Waals surface area contributed by atoms with E-state index in [4.69, 9.17) is 4.42 Å². The third kappa shape index (κ3) is 2.69. The highest BCUT2D eigenvalue weighted by Crippen LogP contribution is 2.25. The van der Waals surface area contributed by atoms with Gasteiger partial charge in [0.25, 0.3) is 0 Å². The van der Waals surface area contributed by atoms with Crippen LogP contribution in [0.4, 0.5) is 0 Å². The number of oxazole rings is 1. The largest absolute Gasteiger partial charge is 0.441 e. The van der Waals surface area contributed by atoms with Crippen LogP contribution in [0.2, 0.25) is 0 Å². The summed E-state index contributed by atoms with van der Waals surface area (Å²) in [6, 6.07) is 6.76. The zero-order valence-corrected chi connectivity index (χ0v) is 11.8. The molecule has 0 aromatic carbocycles. The lowest BCUT2D eigenvalue weighted by Gasteiger charge is -1.99. The lowest BCUT2D eigenvalue weighted by molar-refractivity contribution is 0.491. The molecule has 21 heavy (non-hydrogen) atoms. The van der Waals surface area contributed by atoms with Crippen LogP contribution in [-0.4, -0.2) is 27.2 Å². The van der Waals surface area contributed by atoms with Gasteiger partial charge in [0, 0.05) is 18.7 Å². The van der Waals surface area contributed by atoms with E-state index in [0.29, 0.717) is 0 Å². The average molecular weight is 282 g/mol. The normalized spacial score (nSPS) is 14.9. The molecule has 0 bridgehead atoms. The lowest BCUT2D eigenvalue weighted by atomic mass is 10.2. The summed E-state index contributed by atoms with van der Waals surface area (Å²) in [5.74, 6) is 1.60. The summed E-state index contributed by atoms with van der Waals surface area (Å²) in [4.78, 5) is 4.38. The molecule has 1 aliphatic carbocycles. The molecule has 0 amide bonds. The fraction of sp³-hybridized carbons (Fsp3) is 0.375. The molecule has 1 aliphatic rings. The van der Waals surface area contributed by atoms with E-state index in [9.17, 15) is 0 Å². The van der Waals surface area contributed by atoms with Crippen LogP contribution in [0.5, 0.6) is 0 Å². The molecule has 0 aliphatic heterocycles. The van der Waals surface area contributed by atoms with E-state index in [0.717, 1.165) is 48.2 Å². The molecule has 0 spiro atoms. The fourth-order valence-electron chi connectivity index (χ4n) is 2.51. The van der Waals surface area contributed by atoms with Gasteiger partial charge in [0.05, 0.1) is 23.5 Å². The number of rotatable bonds is 6. The van der Waals surface area contributed by atoms with Gasteiger partial charge in [-0.05, 0) is 37.9 Å². The Bertz CT molecular complexity index is 741. The smallest absolute Gasteiger partial charge is 0.194 e. The molecule has 3 aromatic heterocycles. The number of hydrogen-bond donors (Lipinski definition) is 1. The second-order valence-electron chi connectivity index (χ2n) is 5.54. The number of aryl methyl sites for hydroxylation is 1. The molecule has 5 heteroatoms. The molecule has 1 fully saturated rings. The van der Waals surface area contributed by atoms with Crippen molar-refractivity contribution in [1.29, 1.82) is 0 Å². The van der Waals surface area contributed by atoms with Gasteiger partial charge in [-0.25, -0.2) is 9.50 Å². The Morgan fingerprint density at radius 3 is 3.14 bits per heavy atom. The van der Waals surface area contributed by atoms with Crippen LogP contribution < -0.4 is 5.32 Å². The number of fused-ring (bicyclic) bond motifs is 1. The van der Waals surface area contributed by atoms with Crippen LogP contribution in [-0.2, 0) is 6.42 Å². The van der Waals surface area contributed by atoms with E-state index in [1.165, 1.54) is 12.8 Å². The van der Waals surface area contributed by atoms with E-state index >= 15 is 0 Å². The highest BCUT2D eigenvalue weighted by Gasteiger charge is 2.19. The van der Waals surface area contributed by atoms with Gasteiger partial charge in [0.1, 0.15) is 0 Å². The Kier molecular flexibility index (Phi) is 3.20. The Hall–Kier alpha value is -2.14. The molecule has 108 valence electrons. The minimum atomic E-state index is 0.768. The number of aromatic nitrogens is 3. The predicted octanol–water partition coefficient (Wildman–Crippen LogP) is 2.67. The number of nitrogens with zero attached hydrogens (tertiary/aromatic N) is 3. The van der Waals surface area contributed by atoms with Crippen LogP contribution in [0.25, 0.3) is 16.8 Å². The van der Waals surface area contributed by atoms with Gasteiger partial charge < -0.3 is 9.73 Å².